The van der Waals surface area contributed by atoms with Crippen molar-refractivity contribution in [2.24, 2.45) is 0 Å². The number of hydrogen-bond acceptors (Lipinski definition) is 5. The zero-order valence-corrected chi connectivity index (χ0v) is 12.9. The van der Waals surface area contributed by atoms with Gasteiger partial charge in [-0.1, -0.05) is 5.16 Å². The zero-order chi connectivity index (χ0) is 14.7. The molecule has 0 radical (unpaired) electrons. The number of halogens is 2. The smallest absolute Gasteiger partial charge is 0.252 e. The SMILES string of the molecule is Fc1ccc(-c2noc(COC3CCNCC3)n2)cc1Br. The van der Waals surface area contributed by atoms with Crippen LogP contribution < -0.4 is 5.32 Å². The van der Waals surface area contributed by atoms with E-state index in [0.717, 1.165) is 25.9 Å². The number of rotatable bonds is 4. The van der Waals surface area contributed by atoms with Crippen LogP contribution in [0.2, 0.25) is 0 Å². The molecule has 1 aliphatic heterocycles. The maximum atomic E-state index is 13.2. The Hall–Kier alpha value is -1.31. The third-order valence-electron chi connectivity index (χ3n) is 3.37. The molecule has 0 atom stereocenters. The van der Waals surface area contributed by atoms with E-state index in [9.17, 15) is 4.39 Å². The highest BCUT2D eigenvalue weighted by molar-refractivity contribution is 9.10. The van der Waals surface area contributed by atoms with Gasteiger partial charge in [0.2, 0.25) is 5.82 Å². The molecule has 2 aromatic rings. The molecule has 0 bridgehead atoms. The standard InChI is InChI=1S/C14H15BrFN3O2/c15-11-7-9(1-2-12(11)16)14-18-13(21-19-14)8-20-10-3-5-17-6-4-10/h1-2,7,10,17H,3-6,8H2. The van der Waals surface area contributed by atoms with Crippen molar-refractivity contribution in [1.29, 1.82) is 0 Å². The van der Waals surface area contributed by atoms with E-state index in [1.165, 1.54) is 6.07 Å². The van der Waals surface area contributed by atoms with Gasteiger partial charge in [-0.3, -0.25) is 0 Å². The summed E-state index contributed by atoms with van der Waals surface area (Å²) in [6, 6.07) is 4.60. The molecule has 1 saturated heterocycles. The third kappa shape index (κ3) is 3.66. The molecule has 7 heteroatoms. The van der Waals surface area contributed by atoms with E-state index < -0.39 is 0 Å². The quantitative estimate of drug-likeness (QED) is 0.913. The minimum Gasteiger partial charge on any atom is -0.368 e. The summed E-state index contributed by atoms with van der Waals surface area (Å²) in [7, 11) is 0. The number of nitrogens with one attached hydrogen (secondary N) is 1. The lowest BCUT2D eigenvalue weighted by molar-refractivity contribution is 0.00859. The second-order valence-corrected chi connectivity index (χ2v) is 5.76. The van der Waals surface area contributed by atoms with Gasteiger partial charge in [-0.2, -0.15) is 4.98 Å². The molecule has 0 spiro atoms. The Kier molecular flexibility index (Phi) is 4.62. The fourth-order valence-electron chi connectivity index (χ4n) is 2.22. The van der Waals surface area contributed by atoms with E-state index in [0.29, 0.717) is 28.4 Å². The molecular weight excluding hydrogens is 341 g/mol. The van der Waals surface area contributed by atoms with Crippen LogP contribution in [0.1, 0.15) is 18.7 Å². The topological polar surface area (TPSA) is 60.2 Å². The lowest BCUT2D eigenvalue weighted by Crippen LogP contribution is -2.32. The summed E-state index contributed by atoms with van der Waals surface area (Å²) in [6.45, 7) is 2.26. The Bertz CT molecular complexity index is 614. The molecule has 1 N–H and O–H groups in total. The minimum absolute atomic E-state index is 0.238. The van der Waals surface area contributed by atoms with Crippen LogP contribution in [0, 0.1) is 5.82 Å². The van der Waals surface area contributed by atoms with E-state index in [2.05, 4.69) is 31.4 Å². The van der Waals surface area contributed by atoms with Crippen molar-refractivity contribution in [3.05, 3.63) is 34.4 Å². The van der Waals surface area contributed by atoms with E-state index >= 15 is 0 Å². The highest BCUT2D eigenvalue weighted by atomic mass is 79.9. The minimum atomic E-state index is -0.322. The van der Waals surface area contributed by atoms with Gasteiger partial charge in [0.05, 0.1) is 10.6 Å². The summed E-state index contributed by atoms with van der Waals surface area (Å²) in [5, 5.41) is 7.18. The summed E-state index contributed by atoms with van der Waals surface area (Å²) in [4.78, 5) is 4.27. The first-order chi connectivity index (χ1) is 10.2. The Balaban J connectivity index is 1.63. The summed E-state index contributed by atoms with van der Waals surface area (Å²) in [6.07, 6.45) is 2.22. The average molecular weight is 356 g/mol. The summed E-state index contributed by atoms with van der Waals surface area (Å²) < 4.78 is 24.5. The number of ether oxygens (including phenoxy) is 1. The first-order valence-corrected chi connectivity index (χ1v) is 7.62. The molecule has 112 valence electrons. The van der Waals surface area contributed by atoms with Gasteiger partial charge >= 0.3 is 0 Å². The normalized spacial score (nSPS) is 16.3. The predicted octanol–water partition coefficient (Wildman–Crippen LogP) is 2.91. The molecule has 1 aromatic heterocycles. The Morgan fingerprint density at radius 2 is 2.19 bits per heavy atom. The number of nitrogens with zero attached hydrogens (tertiary/aromatic N) is 2. The number of hydrogen-bond donors (Lipinski definition) is 1. The molecular formula is C14H15BrFN3O2. The number of aromatic nitrogens is 2. The molecule has 1 fully saturated rings. The zero-order valence-electron chi connectivity index (χ0n) is 11.3. The second kappa shape index (κ2) is 6.64. The fraction of sp³-hybridized carbons (Fsp3) is 0.429. The van der Waals surface area contributed by atoms with E-state index in [1.54, 1.807) is 12.1 Å². The van der Waals surface area contributed by atoms with Crippen LogP contribution in [0.15, 0.2) is 27.2 Å². The van der Waals surface area contributed by atoms with Gasteiger partial charge in [-0.05, 0) is 60.1 Å². The predicted molar refractivity (Wildman–Crippen MR) is 78.1 cm³/mol. The largest absolute Gasteiger partial charge is 0.368 e. The maximum absolute atomic E-state index is 13.2. The van der Waals surface area contributed by atoms with Crippen LogP contribution in [0.5, 0.6) is 0 Å². The summed E-state index contributed by atoms with van der Waals surface area (Å²) >= 11 is 3.14. The van der Waals surface area contributed by atoms with E-state index in [1.807, 2.05) is 0 Å². The van der Waals surface area contributed by atoms with Crippen molar-refractivity contribution in [1.82, 2.24) is 15.5 Å². The van der Waals surface area contributed by atoms with Crippen LogP contribution in [0.4, 0.5) is 4.39 Å². The maximum Gasteiger partial charge on any atom is 0.252 e. The highest BCUT2D eigenvalue weighted by Crippen LogP contribution is 2.23. The molecule has 5 nitrogen and oxygen atoms in total. The molecule has 0 saturated carbocycles. The number of piperidine rings is 1. The molecule has 1 aliphatic rings. The van der Waals surface area contributed by atoms with Crippen molar-refractivity contribution < 1.29 is 13.7 Å². The highest BCUT2D eigenvalue weighted by Gasteiger charge is 2.16. The van der Waals surface area contributed by atoms with E-state index in [-0.39, 0.29) is 11.9 Å². The van der Waals surface area contributed by atoms with Gasteiger partial charge in [0.15, 0.2) is 0 Å². The van der Waals surface area contributed by atoms with Gasteiger partial charge in [0.1, 0.15) is 12.4 Å². The monoisotopic (exact) mass is 355 g/mol. The molecule has 1 aromatic carbocycles. The van der Waals surface area contributed by atoms with Gasteiger partial charge in [0, 0.05) is 5.56 Å². The Morgan fingerprint density at radius 3 is 2.95 bits per heavy atom. The summed E-state index contributed by atoms with van der Waals surface area (Å²) in [5.41, 5.74) is 0.695. The first-order valence-electron chi connectivity index (χ1n) is 6.83. The van der Waals surface area contributed by atoms with Crippen molar-refractivity contribution >= 4 is 15.9 Å². The van der Waals surface area contributed by atoms with E-state index in [4.69, 9.17) is 9.26 Å². The molecule has 21 heavy (non-hydrogen) atoms. The van der Waals surface area contributed by atoms with Crippen LogP contribution in [0.25, 0.3) is 11.4 Å². The van der Waals surface area contributed by atoms with Crippen LogP contribution in [-0.4, -0.2) is 29.3 Å². The Labute approximate surface area is 130 Å². The molecule has 0 aliphatic carbocycles. The van der Waals surface area contributed by atoms with Crippen molar-refractivity contribution in [2.75, 3.05) is 13.1 Å². The fourth-order valence-corrected chi connectivity index (χ4v) is 2.60. The molecule has 0 unspecified atom stereocenters. The Morgan fingerprint density at radius 1 is 1.38 bits per heavy atom. The van der Waals surface area contributed by atoms with Gasteiger partial charge in [-0.15, -0.1) is 0 Å². The van der Waals surface area contributed by atoms with Gasteiger partial charge in [-0.25, -0.2) is 4.39 Å². The second-order valence-electron chi connectivity index (χ2n) is 4.90. The first kappa shape index (κ1) is 14.6. The molecule has 2 heterocycles. The van der Waals surface area contributed by atoms with Crippen molar-refractivity contribution in [3.8, 4) is 11.4 Å². The lowest BCUT2D eigenvalue weighted by Gasteiger charge is -2.21. The molecule has 3 rings (SSSR count). The van der Waals surface area contributed by atoms with Gasteiger partial charge in [0.25, 0.3) is 5.89 Å². The van der Waals surface area contributed by atoms with Gasteiger partial charge < -0.3 is 14.6 Å². The summed E-state index contributed by atoms with van der Waals surface area (Å²) in [5.74, 6) is 0.542. The van der Waals surface area contributed by atoms with Crippen molar-refractivity contribution in [3.63, 3.8) is 0 Å². The van der Waals surface area contributed by atoms with Crippen LogP contribution >= 0.6 is 15.9 Å². The molecule has 0 amide bonds. The average Bonchev–Trinajstić information content (AvgIpc) is 2.98. The van der Waals surface area contributed by atoms with Crippen LogP contribution in [-0.2, 0) is 11.3 Å². The lowest BCUT2D eigenvalue weighted by atomic mass is 10.1. The van der Waals surface area contributed by atoms with Crippen molar-refractivity contribution in [2.45, 2.75) is 25.6 Å². The van der Waals surface area contributed by atoms with Crippen LogP contribution in [0.3, 0.4) is 0 Å². The number of benzene rings is 1. The third-order valence-corrected chi connectivity index (χ3v) is 3.98.